The lowest BCUT2D eigenvalue weighted by molar-refractivity contribution is 0.0378. The van der Waals surface area contributed by atoms with Gasteiger partial charge in [0, 0.05) is 13.0 Å². The van der Waals surface area contributed by atoms with E-state index in [0.717, 1.165) is 23.5 Å². The van der Waals surface area contributed by atoms with Crippen molar-refractivity contribution in [3.63, 3.8) is 0 Å². The Hall–Kier alpha value is -2.26. The molecule has 0 saturated heterocycles. The Kier molecular flexibility index (Phi) is 8.78. The number of halogens is 1. The van der Waals surface area contributed by atoms with Crippen molar-refractivity contribution in [3.8, 4) is 0 Å². The molecule has 7 heteroatoms. The number of nitrogens with zero attached hydrogens (tertiary/aromatic N) is 1. The second-order valence-electron chi connectivity index (χ2n) is 6.94. The minimum absolute atomic E-state index is 0. The van der Waals surface area contributed by atoms with Crippen LogP contribution in [0.3, 0.4) is 0 Å². The Morgan fingerprint density at radius 3 is 2.52 bits per heavy atom. The van der Waals surface area contributed by atoms with Crippen molar-refractivity contribution in [3.05, 3.63) is 83.7 Å². The summed E-state index contributed by atoms with van der Waals surface area (Å²) in [5, 5.41) is 17.3. The molecule has 1 atom stereocenters. The molecule has 3 rings (SSSR count). The van der Waals surface area contributed by atoms with Crippen LogP contribution in [-0.4, -0.2) is 24.2 Å². The number of guanidine groups is 1. The fraction of sp³-hybridized carbons (Fsp3) is 0.318. The highest BCUT2D eigenvalue weighted by Gasteiger charge is 2.27. The highest BCUT2D eigenvalue weighted by atomic mass is 127. The Morgan fingerprint density at radius 2 is 1.86 bits per heavy atom. The quantitative estimate of drug-likeness (QED) is 0.243. The summed E-state index contributed by atoms with van der Waals surface area (Å²) in [6.07, 6.45) is 2.41. The SMILES string of the molecule is Cc1ccc(C(C)(O)CNC(=NCc2ccccc2)NCCc2ccco2)o1.I. The molecule has 0 aliphatic carbocycles. The molecule has 0 aliphatic rings. The molecule has 2 aromatic heterocycles. The van der Waals surface area contributed by atoms with E-state index in [4.69, 9.17) is 8.83 Å². The van der Waals surface area contributed by atoms with Crippen molar-refractivity contribution in [2.75, 3.05) is 13.1 Å². The molecule has 0 fully saturated rings. The van der Waals surface area contributed by atoms with E-state index in [2.05, 4.69) is 15.6 Å². The number of hydrogen-bond acceptors (Lipinski definition) is 4. The van der Waals surface area contributed by atoms with Gasteiger partial charge in [-0.2, -0.15) is 0 Å². The summed E-state index contributed by atoms with van der Waals surface area (Å²) in [5.74, 6) is 2.83. The monoisotopic (exact) mass is 509 g/mol. The van der Waals surface area contributed by atoms with Crippen molar-refractivity contribution < 1.29 is 13.9 Å². The maximum absolute atomic E-state index is 10.8. The van der Waals surface area contributed by atoms with Gasteiger partial charge in [-0.1, -0.05) is 30.3 Å². The summed E-state index contributed by atoms with van der Waals surface area (Å²) >= 11 is 0. The molecule has 6 nitrogen and oxygen atoms in total. The van der Waals surface area contributed by atoms with E-state index < -0.39 is 5.60 Å². The zero-order chi connectivity index (χ0) is 19.8. The van der Waals surface area contributed by atoms with Gasteiger partial charge in [0.05, 0.1) is 19.4 Å². The average Bonchev–Trinajstić information content (AvgIpc) is 3.36. The van der Waals surface area contributed by atoms with Crippen LogP contribution >= 0.6 is 24.0 Å². The van der Waals surface area contributed by atoms with Gasteiger partial charge in [-0.3, -0.25) is 0 Å². The van der Waals surface area contributed by atoms with Crippen molar-refractivity contribution in [1.82, 2.24) is 10.6 Å². The number of hydrogen-bond donors (Lipinski definition) is 3. The molecule has 3 aromatic rings. The first-order valence-electron chi connectivity index (χ1n) is 9.41. The molecule has 0 saturated carbocycles. The van der Waals surface area contributed by atoms with E-state index in [1.54, 1.807) is 19.3 Å². The molecule has 0 spiro atoms. The Morgan fingerprint density at radius 1 is 1.07 bits per heavy atom. The zero-order valence-electron chi connectivity index (χ0n) is 16.7. The van der Waals surface area contributed by atoms with Crippen molar-refractivity contribution in [2.45, 2.75) is 32.4 Å². The Labute approximate surface area is 188 Å². The predicted octanol–water partition coefficient (Wildman–Crippen LogP) is 3.98. The summed E-state index contributed by atoms with van der Waals surface area (Å²) in [4.78, 5) is 4.64. The van der Waals surface area contributed by atoms with Crippen LogP contribution in [0.5, 0.6) is 0 Å². The molecule has 0 radical (unpaired) electrons. The van der Waals surface area contributed by atoms with E-state index in [0.29, 0.717) is 24.8 Å². The van der Waals surface area contributed by atoms with Gasteiger partial charge in [0.25, 0.3) is 0 Å². The van der Waals surface area contributed by atoms with Crippen LogP contribution in [0.4, 0.5) is 0 Å². The maximum Gasteiger partial charge on any atom is 0.191 e. The van der Waals surface area contributed by atoms with Gasteiger partial charge in [-0.25, -0.2) is 4.99 Å². The first kappa shape index (κ1) is 23.0. The van der Waals surface area contributed by atoms with Crippen LogP contribution in [0.15, 0.2) is 74.7 Å². The standard InChI is InChI=1S/C22H27N3O3.HI/c1-17-10-11-20(28-17)22(2,26)16-25-21(23-13-12-19-9-6-14-27-19)24-15-18-7-4-3-5-8-18;/h3-11,14,26H,12-13,15-16H2,1-2H3,(H2,23,24,25);1H. The van der Waals surface area contributed by atoms with Crippen LogP contribution in [0.2, 0.25) is 0 Å². The summed E-state index contributed by atoms with van der Waals surface area (Å²) in [5.41, 5.74) is -0.0344. The fourth-order valence-electron chi connectivity index (χ4n) is 2.75. The van der Waals surface area contributed by atoms with Crippen LogP contribution in [0, 0.1) is 6.92 Å². The molecule has 29 heavy (non-hydrogen) atoms. The van der Waals surface area contributed by atoms with Gasteiger partial charge in [-0.05, 0) is 43.7 Å². The Bertz CT molecular complexity index is 874. The largest absolute Gasteiger partial charge is 0.469 e. The third-order valence-electron chi connectivity index (χ3n) is 4.38. The first-order valence-corrected chi connectivity index (χ1v) is 9.41. The van der Waals surface area contributed by atoms with Gasteiger partial charge in [0.15, 0.2) is 5.96 Å². The number of benzene rings is 1. The van der Waals surface area contributed by atoms with Gasteiger partial charge < -0.3 is 24.6 Å². The highest BCUT2D eigenvalue weighted by Crippen LogP contribution is 2.21. The van der Waals surface area contributed by atoms with Crippen LogP contribution in [0.25, 0.3) is 0 Å². The number of nitrogens with one attached hydrogen (secondary N) is 2. The number of aliphatic imine (C=N–C) groups is 1. The Balaban J connectivity index is 0.00000300. The van der Waals surface area contributed by atoms with E-state index in [-0.39, 0.29) is 30.5 Å². The molecule has 3 N–H and O–H groups in total. The van der Waals surface area contributed by atoms with E-state index in [1.807, 2.05) is 55.5 Å². The lowest BCUT2D eigenvalue weighted by atomic mass is 10.0. The first-order chi connectivity index (χ1) is 13.5. The summed E-state index contributed by atoms with van der Waals surface area (Å²) in [7, 11) is 0. The molecule has 1 unspecified atom stereocenters. The molecular weight excluding hydrogens is 481 g/mol. The molecule has 0 aliphatic heterocycles. The molecule has 1 aromatic carbocycles. The normalized spacial score (nSPS) is 13.4. The predicted molar refractivity (Wildman–Crippen MR) is 124 cm³/mol. The third-order valence-corrected chi connectivity index (χ3v) is 4.38. The maximum atomic E-state index is 10.8. The molecular formula is C22H28IN3O3. The summed E-state index contributed by atoms with van der Waals surface area (Å²) in [6.45, 7) is 5.04. The fourth-order valence-corrected chi connectivity index (χ4v) is 2.75. The zero-order valence-corrected chi connectivity index (χ0v) is 19.1. The van der Waals surface area contributed by atoms with Gasteiger partial charge in [-0.15, -0.1) is 24.0 Å². The minimum Gasteiger partial charge on any atom is -0.469 e. The number of rotatable bonds is 8. The smallest absolute Gasteiger partial charge is 0.191 e. The topological polar surface area (TPSA) is 82.9 Å². The molecule has 0 amide bonds. The van der Waals surface area contributed by atoms with Crippen LogP contribution < -0.4 is 10.6 Å². The van der Waals surface area contributed by atoms with Gasteiger partial charge in [0.2, 0.25) is 0 Å². The lowest BCUT2D eigenvalue weighted by Crippen LogP contribution is -2.45. The highest BCUT2D eigenvalue weighted by molar-refractivity contribution is 14.0. The van der Waals surface area contributed by atoms with E-state index in [1.165, 1.54) is 0 Å². The summed E-state index contributed by atoms with van der Waals surface area (Å²) in [6, 6.07) is 17.5. The number of furan rings is 2. The van der Waals surface area contributed by atoms with E-state index in [9.17, 15) is 5.11 Å². The van der Waals surface area contributed by atoms with Gasteiger partial charge in [0.1, 0.15) is 22.9 Å². The van der Waals surface area contributed by atoms with Gasteiger partial charge >= 0.3 is 0 Å². The van der Waals surface area contributed by atoms with Crippen LogP contribution in [0.1, 0.15) is 29.8 Å². The third kappa shape index (κ3) is 7.25. The second kappa shape index (κ2) is 11.1. The van der Waals surface area contributed by atoms with Crippen molar-refractivity contribution in [2.24, 2.45) is 4.99 Å². The number of aryl methyl sites for hydroxylation is 1. The molecule has 0 bridgehead atoms. The summed E-state index contributed by atoms with van der Waals surface area (Å²) < 4.78 is 10.9. The van der Waals surface area contributed by atoms with E-state index >= 15 is 0 Å². The minimum atomic E-state index is -1.15. The van der Waals surface area contributed by atoms with Crippen molar-refractivity contribution >= 4 is 29.9 Å². The molecule has 156 valence electrons. The molecule has 2 heterocycles. The number of aliphatic hydroxyl groups is 1. The van der Waals surface area contributed by atoms with Crippen LogP contribution in [-0.2, 0) is 18.6 Å². The second-order valence-corrected chi connectivity index (χ2v) is 6.94. The lowest BCUT2D eigenvalue weighted by Gasteiger charge is -2.23. The average molecular weight is 509 g/mol. The van der Waals surface area contributed by atoms with Crippen molar-refractivity contribution in [1.29, 1.82) is 0 Å².